The van der Waals surface area contributed by atoms with Gasteiger partial charge in [0, 0.05) is 35.5 Å². The first-order valence-corrected chi connectivity index (χ1v) is 13.9. The molecule has 0 spiro atoms. The van der Waals surface area contributed by atoms with Gasteiger partial charge in [0.2, 0.25) is 10.0 Å². The van der Waals surface area contributed by atoms with Crippen LogP contribution >= 0.6 is 22.9 Å². The van der Waals surface area contributed by atoms with Crippen LogP contribution in [0.2, 0.25) is 5.02 Å². The maximum atomic E-state index is 12.7. The summed E-state index contributed by atoms with van der Waals surface area (Å²) < 4.78 is 37.0. The van der Waals surface area contributed by atoms with E-state index in [1.165, 1.54) is 27.8 Å². The zero-order valence-corrected chi connectivity index (χ0v) is 21.6. The summed E-state index contributed by atoms with van der Waals surface area (Å²) in [6.07, 6.45) is 0.406. The topological polar surface area (TPSA) is 115 Å². The molecule has 1 saturated heterocycles. The second-order valence-corrected chi connectivity index (χ2v) is 11.1. The summed E-state index contributed by atoms with van der Waals surface area (Å²) in [6, 6.07) is 13.7. The third-order valence-corrected chi connectivity index (χ3v) is 8.41. The van der Waals surface area contributed by atoms with E-state index in [4.69, 9.17) is 21.1 Å². The number of anilines is 1. The normalized spacial score (nSPS) is 14.4. The summed E-state index contributed by atoms with van der Waals surface area (Å²) in [5.74, 6) is -1.04. The molecule has 190 valence electrons. The maximum Gasteiger partial charge on any atom is 0.306 e. The highest BCUT2D eigenvalue weighted by molar-refractivity contribution is 7.89. The van der Waals surface area contributed by atoms with Crippen molar-refractivity contribution >= 4 is 50.0 Å². The number of nitrogens with one attached hydrogen (secondary N) is 1. The molecule has 0 atom stereocenters. The Morgan fingerprint density at radius 3 is 2.56 bits per heavy atom. The molecular formula is C24H24ClN3O6S2. The molecule has 1 N–H and O–H groups in total. The predicted octanol–water partition coefficient (Wildman–Crippen LogP) is 3.60. The molecule has 3 aromatic rings. The molecule has 36 heavy (non-hydrogen) atoms. The Bertz CT molecular complexity index is 1320. The number of carbonyl (C=O) groups excluding carboxylic acids is 2. The molecule has 0 radical (unpaired) electrons. The molecule has 0 unspecified atom stereocenters. The van der Waals surface area contributed by atoms with Crippen LogP contribution in [0.15, 0.2) is 58.8 Å². The Morgan fingerprint density at radius 1 is 1.11 bits per heavy atom. The summed E-state index contributed by atoms with van der Waals surface area (Å²) in [4.78, 5) is 28.8. The van der Waals surface area contributed by atoms with Gasteiger partial charge in [-0.3, -0.25) is 14.9 Å². The third kappa shape index (κ3) is 6.68. The van der Waals surface area contributed by atoms with Crippen molar-refractivity contribution in [2.24, 2.45) is 0 Å². The van der Waals surface area contributed by atoms with Crippen LogP contribution in [0, 0.1) is 0 Å². The number of amides is 1. The van der Waals surface area contributed by atoms with Gasteiger partial charge in [-0.25, -0.2) is 13.4 Å². The summed E-state index contributed by atoms with van der Waals surface area (Å²) in [7, 11) is -3.56. The third-order valence-electron chi connectivity index (χ3n) is 5.41. The molecule has 1 aliphatic rings. The minimum absolute atomic E-state index is 0.0523. The number of ether oxygens (including phenoxy) is 2. The summed E-state index contributed by atoms with van der Waals surface area (Å²) >= 11 is 7.42. The van der Waals surface area contributed by atoms with Crippen LogP contribution in [-0.2, 0) is 35.5 Å². The number of halogens is 1. The Balaban J connectivity index is 1.22. The average Bonchev–Trinajstić information content (AvgIpc) is 3.35. The summed E-state index contributed by atoms with van der Waals surface area (Å²) in [5.41, 5.74) is 2.18. The van der Waals surface area contributed by atoms with E-state index in [0.29, 0.717) is 48.6 Å². The van der Waals surface area contributed by atoms with Crippen molar-refractivity contribution < 1.29 is 27.5 Å². The standard InChI is InChI=1S/C24H24ClN3O6S2/c25-20-4-2-1-3-19(20)21-16-35-24(26-21)27-22(29)15-34-23(30)10-7-17-5-8-18(9-6-17)36(31,32)28-11-13-33-14-12-28/h1-6,8-9,16H,7,10-15H2,(H,26,27,29). The number of carbonyl (C=O) groups is 2. The fourth-order valence-electron chi connectivity index (χ4n) is 3.51. The van der Waals surface area contributed by atoms with Crippen LogP contribution in [0.3, 0.4) is 0 Å². The van der Waals surface area contributed by atoms with Gasteiger partial charge in [0.1, 0.15) is 0 Å². The molecule has 2 heterocycles. The molecule has 1 aliphatic heterocycles. The van der Waals surface area contributed by atoms with Crippen LogP contribution in [0.25, 0.3) is 11.3 Å². The van der Waals surface area contributed by atoms with Gasteiger partial charge in [0.15, 0.2) is 11.7 Å². The van der Waals surface area contributed by atoms with E-state index in [-0.39, 0.29) is 11.3 Å². The number of nitrogens with zero attached hydrogens (tertiary/aromatic N) is 2. The van der Waals surface area contributed by atoms with E-state index in [1.54, 1.807) is 23.6 Å². The van der Waals surface area contributed by atoms with Crippen LogP contribution in [0.4, 0.5) is 5.13 Å². The largest absolute Gasteiger partial charge is 0.456 e. The van der Waals surface area contributed by atoms with Gasteiger partial charge in [-0.1, -0.05) is 41.9 Å². The van der Waals surface area contributed by atoms with Crippen LogP contribution < -0.4 is 5.32 Å². The molecule has 0 saturated carbocycles. The zero-order valence-electron chi connectivity index (χ0n) is 19.2. The average molecular weight is 550 g/mol. The molecule has 4 rings (SSSR count). The van der Waals surface area contributed by atoms with Gasteiger partial charge in [-0.05, 0) is 30.2 Å². The second kappa shape index (κ2) is 11.9. The first-order valence-electron chi connectivity index (χ1n) is 11.2. The van der Waals surface area contributed by atoms with E-state index >= 15 is 0 Å². The van der Waals surface area contributed by atoms with Crippen LogP contribution in [0.1, 0.15) is 12.0 Å². The van der Waals surface area contributed by atoms with Gasteiger partial charge in [-0.15, -0.1) is 11.3 Å². The predicted molar refractivity (Wildman–Crippen MR) is 136 cm³/mol. The highest BCUT2D eigenvalue weighted by Gasteiger charge is 2.26. The number of esters is 1. The number of aryl methyl sites for hydroxylation is 1. The quantitative estimate of drug-likeness (QED) is 0.405. The highest BCUT2D eigenvalue weighted by atomic mass is 35.5. The molecular weight excluding hydrogens is 526 g/mol. The minimum Gasteiger partial charge on any atom is -0.456 e. The van der Waals surface area contributed by atoms with E-state index in [9.17, 15) is 18.0 Å². The fourth-order valence-corrected chi connectivity index (χ4v) is 5.88. The number of benzene rings is 2. The molecule has 1 fully saturated rings. The minimum atomic E-state index is -3.56. The van der Waals surface area contributed by atoms with Crippen LogP contribution in [-0.4, -0.2) is 62.5 Å². The van der Waals surface area contributed by atoms with Crippen molar-refractivity contribution in [3.8, 4) is 11.3 Å². The fraction of sp³-hybridized carbons (Fsp3) is 0.292. The smallest absolute Gasteiger partial charge is 0.306 e. The first kappa shape index (κ1) is 26.2. The number of aromatic nitrogens is 1. The number of thiazole rings is 1. The lowest BCUT2D eigenvalue weighted by molar-refractivity contribution is -0.147. The highest BCUT2D eigenvalue weighted by Crippen LogP contribution is 2.30. The van der Waals surface area contributed by atoms with Crippen molar-refractivity contribution in [2.45, 2.75) is 17.7 Å². The Morgan fingerprint density at radius 2 is 1.83 bits per heavy atom. The van der Waals surface area contributed by atoms with Crippen molar-refractivity contribution in [1.82, 2.24) is 9.29 Å². The lowest BCUT2D eigenvalue weighted by atomic mass is 10.1. The molecule has 1 aromatic heterocycles. The van der Waals surface area contributed by atoms with Crippen molar-refractivity contribution in [3.05, 3.63) is 64.5 Å². The van der Waals surface area contributed by atoms with Gasteiger partial charge in [-0.2, -0.15) is 4.31 Å². The van der Waals surface area contributed by atoms with Crippen molar-refractivity contribution in [2.75, 3.05) is 38.2 Å². The van der Waals surface area contributed by atoms with E-state index in [1.807, 2.05) is 18.2 Å². The first-order chi connectivity index (χ1) is 17.3. The SMILES string of the molecule is O=C(COC(=O)CCc1ccc(S(=O)(=O)N2CCOCC2)cc1)Nc1nc(-c2ccccc2Cl)cs1. The van der Waals surface area contributed by atoms with E-state index < -0.39 is 28.5 Å². The van der Waals surface area contributed by atoms with E-state index in [0.717, 1.165) is 11.1 Å². The monoisotopic (exact) mass is 549 g/mol. The van der Waals surface area contributed by atoms with Gasteiger partial charge < -0.3 is 9.47 Å². The number of hydrogen-bond donors (Lipinski definition) is 1. The number of hydrogen-bond acceptors (Lipinski definition) is 8. The van der Waals surface area contributed by atoms with Crippen LogP contribution in [0.5, 0.6) is 0 Å². The Labute approximate surface area is 218 Å². The number of sulfonamides is 1. The summed E-state index contributed by atoms with van der Waals surface area (Å²) in [5, 5.41) is 5.32. The molecule has 9 nitrogen and oxygen atoms in total. The molecule has 12 heteroatoms. The number of rotatable bonds is 9. The molecule has 0 aliphatic carbocycles. The Hall–Kier alpha value is -2.83. The number of morpholine rings is 1. The summed E-state index contributed by atoms with van der Waals surface area (Å²) in [6.45, 7) is 0.982. The Kier molecular flexibility index (Phi) is 8.70. The van der Waals surface area contributed by atoms with E-state index in [2.05, 4.69) is 10.3 Å². The van der Waals surface area contributed by atoms with Crippen molar-refractivity contribution in [1.29, 1.82) is 0 Å². The zero-order chi connectivity index (χ0) is 25.5. The lowest BCUT2D eigenvalue weighted by Crippen LogP contribution is -2.40. The maximum absolute atomic E-state index is 12.7. The van der Waals surface area contributed by atoms with Gasteiger partial charge in [0.05, 0.1) is 23.8 Å². The molecule has 0 bridgehead atoms. The van der Waals surface area contributed by atoms with Gasteiger partial charge in [0.25, 0.3) is 5.91 Å². The lowest BCUT2D eigenvalue weighted by Gasteiger charge is -2.26. The molecule has 1 amide bonds. The molecule has 2 aromatic carbocycles. The van der Waals surface area contributed by atoms with Crippen molar-refractivity contribution in [3.63, 3.8) is 0 Å². The second-order valence-electron chi connectivity index (χ2n) is 7.89. The van der Waals surface area contributed by atoms with Gasteiger partial charge >= 0.3 is 5.97 Å².